The molecule has 1 spiro atoms. The maximum atomic E-state index is 12.7. The summed E-state index contributed by atoms with van der Waals surface area (Å²) in [6.45, 7) is 0.389. The fourth-order valence-corrected chi connectivity index (χ4v) is 5.38. The molecule has 0 bridgehead atoms. The Morgan fingerprint density at radius 2 is 1.85 bits per heavy atom. The van der Waals surface area contributed by atoms with Crippen LogP contribution in [0.1, 0.15) is 51.4 Å². The molecule has 7 nitrogen and oxygen atoms in total. The molecular formula is C19H26N2O5S. The van der Waals surface area contributed by atoms with E-state index >= 15 is 0 Å². The first-order valence-electron chi connectivity index (χ1n) is 9.66. The molecule has 1 atom stereocenters. The Hall–Kier alpha value is -1.80. The van der Waals surface area contributed by atoms with E-state index in [9.17, 15) is 13.2 Å². The minimum Gasteiger partial charge on any atom is -0.448 e. The number of rotatable bonds is 3. The number of benzene rings is 1. The molecule has 1 N–H and O–H groups in total. The largest absolute Gasteiger partial charge is 0.448 e. The van der Waals surface area contributed by atoms with Crippen LogP contribution in [0.2, 0.25) is 0 Å². The Balaban J connectivity index is 1.48. The van der Waals surface area contributed by atoms with Crippen molar-refractivity contribution < 1.29 is 22.7 Å². The van der Waals surface area contributed by atoms with Gasteiger partial charge in [-0.15, -0.1) is 0 Å². The summed E-state index contributed by atoms with van der Waals surface area (Å²) >= 11 is 0. The molecule has 2 aliphatic heterocycles. The van der Waals surface area contributed by atoms with Crippen LogP contribution in [0.25, 0.3) is 0 Å². The highest BCUT2D eigenvalue weighted by Gasteiger charge is 2.42. The second-order valence-corrected chi connectivity index (χ2v) is 9.65. The van der Waals surface area contributed by atoms with Gasteiger partial charge in [0, 0.05) is 31.1 Å². The van der Waals surface area contributed by atoms with E-state index in [4.69, 9.17) is 9.47 Å². The molecule has 27 heavy (non-hydrogen) atoms. The summed E-state index contributed by atoms with van der Waals surface area (Å²) in [5, 5.41) is 2.85. The summed E-state index contributed by atoms with van der Waals surface area (Å²) in [6, 6.07) is 4.69. The first kappa shape index (κ1) is 18.6. The van der Waals surface area contributed by atoms with Crippen molar-refractivity contribution in [2.75, 3.05) is 18.1 Å². The fourth-order valence-electron chi connectivity index (χ4n) is 4.26. The van der Waals surface area contributed by atoms with Crippen molar-refractivity contribution >= 4 is 21.6 Å². The molecule has 1 saturated carbocycles. The molecule has 1 aromatic carbocycles. The second-order valence-electron chi connectivity index (χ2n) is 7.71. The Morgan fingerprint density at radius 3 is 2.59 bits per heavy atom. The average molecular weight is 394 g/mol. The third-order valence-corrected chi connectivity index (χ3v) is 6.89. The molecule has 1 aliphatic carbocycles. The summed E-state index contributed by atoms with van der Waals surface area (Å²) in [6.07, 6.45) is 8.42. The smallest absolute Gasteiger partial charge is 0.251 e. The van der Waals surface area contributed by atoms with Gasteiger partial charge in [-0.05, 0) is 37.8 Å². The number of carbonyl (C=O) groups excluding carboxylic acids is 1. The topological polar surface area (TPSA) is 84.9 Å². The first-order chi connectivity index (χ1) is 12.9. The minimum absolute atomic E-state index is 0.300. The van der Waals surface area contributed by atoms with E-state index in [1.807, 2.05) is 6.07 Å². The van der Waals surface area contributed by atoms with Gasteiger partial charge in [-0.2, -0.15) is 4.31 Å². The van der Waals surface area contributed by atoms with E-state index in [0.29, 0.717) is 30.2 Å². The third kappa shape index (κ3) is 3.78. The van der Waals surface area contributed by atoms with Gasteiger partial charge in [-0.3, -0.25) is 4.79 Å². The second kappa shape index (κ2) is 6.98. The molecule has 1 amide bonds. The molecule has 0 aromatic heterocycles. The third-order valence-electron chi connectivity index (χ3n) is 5.60. The van der Waals surface area contributed by atoms with Gasteiger partial charge in [0.15, 0.2) is 11.5 Å². The summed E-state index contributed by atoms with van der Waals surface area (Å²) in [4.78, 5) is 12.7. The van der Waals surface area contributed by atoms with Crippen LogP contribution in [0, 0.1) is 0 Å². The minimum atomic E-state index is -3.41. The molecule has 0 radical (unpaired) electrons. The van der Waals surface area contributed by atoms with Gasteiger partial charge in [0.1, 0.15) is 6.04 Å². The highest BCUT2D eigenvalue weighted by Crippen LogP contribution is 2.46. The number of anilines is 1. The van der Waals surface area contributed by atoms with E-state index in [2.05, 4.69) is 5.32 Å². The molecule has 1 unspecified atom stereocenters. The van der Waals surface area contributed by atoms with Crippen LogP contribution in [0.4, 0.5) is 5.69 Å². The van der Waals surface area contributed by atoms with Crippen LogP contribution >= 0.6 is 0 Å². The lowest BCUT2D eigenvalue weighted by Crippen LogP contribution is -2.49. The molecule has 2 fully saturated rings. The SMILES string of the molecule is CS(=O)(=O)N1CCCCC1C(=O)Nc1ccc2c(c1)OC1(CCCCC1)O2. The van der Waals surface area contributed by atoms with E-state index in [0.717, 1.165) is 44.8 Å². The summed E-state index contributed by atoms with van der Waals surface area (Å²) in [5.41, 5.74) is 0.592. The predicted octanol–water partition coefficient (Wildman–Crippen LogP) is 2.87. The highest BCUT2D eigenvalue weighted by molar-refractivity contribution is 7.88. The normalized spacial score (nSPS) is 24.7. The Bertz CT molecular complexity index is 833. The Labute approximate surface area is 160 Å². The van der Waals surface area contributed by atoms with Crippen molar-refractivity contribution in [2.24, 2.45) is 0 Å². The zero-order valence-corrected chi connectivity index (χ0v) is 16.4. The monoisotopic (exact) mass is 394 g/mol. The van der Waals surface area contributed by atoms with Crippen LogP contribution in [0.15, 0.2) is 18.2 Å². The van der Waals surface area contributed by atoms with Crippen LogP contribution in [-0.4, -0.2) is 43.3 Å². The van der Waals surface area contributed by atoms with Crippen LogP contribution in [0.5, 0.6) is 11.5 Å². The number of nitrogens with zero attached hydrogens (tertiary/aromatic N) is 1. The molecule has 1 aromatic rings. The molecule has 4 rings (SSSR count). The Morgan fingerprint density at radius 1 is 1.11 bits per heavy atom. The lowest BCUT2D eigenvalue weighted by Gasteiger charge is -2.32. The van der Waals surface area contributed by atoms with Crippen molar-refractivity contribution in [2.45, 2.75) is 63.2 Å². The first-order valence-corrected chi connectivity index (χ1v) is 11.5. The number of piperidine rings is 1. The number of carbonyl (C=O) groups is 1. The number of fused-ring (bicyclic) bond motifs is 1. The lowest BCUT2D eigenvalue weighted by molar-refractivity contribution is -0.120. The summed E-state index contributed by atoms with van der Waals surface area (Å²) < 4.78 is 37.4. The zero-order valence-electron chi connectivity index (χ0n) is 15.6. The van der Waals surface area contributed by atoms with Gasteiger partial charge in [0.25, 0.3) is 5.79 Å². The van der Waals surface area contributed by atoms with Crippen LogP contribution < -0.4 is 14.8 Å². The predicted molar refractivity (Wildman–Crippen MR) is 101 cm³/mol. The Kier molecular flexibility index (Phi) is 4.80. The van der Waals surface area contributed by atoms with E-state index in [-0.39, 0.29) is 5.91 Å². The maximum Gasteiger partial charge on any atom is 0.251 e. The number of hydrogen-bond acceptors (Lipinski definition) is 5. The molecule has 2 heterocycles. The van der Waals surface area contributed by atoms with Crippen LogP contribution in [-0.2, 0) is 14.8 Å². The zero-order chi connectivity index (χ0) is 19.1. The lowest BCUT2D eigenvalue weighted by atomic mass is 9.94. The van der Waals surface area contributed by atoms with Crippen molar-refractivity contribution in [1.29, 1.82) is 0 Å². The average Bonchev–Trinajstić information content (AvgIpc) is 2.98. The van der Waals surface area contributed by atoms with Crippen molar-refractivity contribution in [3.63, 3.8) is 0 Å². The standard InChI is InChI=1S/C19H26N2O5S/c1-27(23,24)21-12-6-3-7-15(21)18(22)20-14-8-9-16-17(13-14)26-19(25-16)10-4-2-5-11-19/h8-9,13,15H,2-7,10-12H2,1H3,(H,20,22). The van der Waals surface area contributed by atoms with E-state index < -0.39 is 21.9 Å². The van der Waals surface area contributed by atoms with Gasteiger partial charge in [0.2, 0.25) is 15.9 Å². The van der Waals surface area contributed by atoms with E-state index in [1.165, 1.54) is 10.7 Å². The summed E-state index contributed by atoms with van der Waals surface area (Å²) in [5.74, 6) is 0.481. The molecular weight excluding hydrogens is 368 g/mol. The summed E-state index contributed by atoms with van der Waals surface area (Å²) in [7, 11) is -3.41. The maximum absolute atomic E-state index is 12.7. The molecule has 1 saturated heterocycles. The highest BCUT2D eigenvalue weighted by atomic mass is 32.2. The van der Waals surface area contributed by atoms with Gasteiger partial charge < -0.3 is 14.8 Å². The number of amides is 1. The van der Waals surface area contributed by atoms with Crippen molar-refractivity contribution in [3.05, 3.63) is 18.2 Å². The molecule has 8 heteroatoms. The van der Waals surface area contributed by atoms with E-state index in [1.54, 1.807) is 12.1 Å². The van der Waals surface area contributed by atoms with Gasteiger partial charge in [-0.1, -0.05) is 12.8 Å². The van der Waals surface area contributed by atoms with Gasteiger partial charge in [0.05, 0.1) is 6.26 Å². The van der Waals surface area contributed by atoms with Gasteiger partial charge >= 0.3 is 0 Å². The number of hydrogen-bond donors (Lipinski definition) is 1. The number of ether oxygens (including phenoxy) is 2. The quantitative estimate of drug-likeness (QED) is 0.852. The fraction of sp³-hybridized carbons (Fsp3) is 0.632. The van der Waals surface area contributed by atoms with Gasteiger partial charge in [-0.25, -0.2) is 8.42 Å². The van der Waals surface area contributed by atoms with Crippen LogP contribution in [0.3, 0.4) is 0 Å². The number of nitrogens with one attached hydrogen (secondary N) is 1. The molecule has 3 aliphatic rings. The van der Waals surface area contributed by atoms with Crippen molar-refractivity contribution in [3.8, 4) is 11.5 Å². The number of sulfonamides is 1. The van der Waals surface area contributed by atoms with Crippen molar-refractivity contribution in [1.82, 2.24) is 4.31 Å². The molecule has 148 valence electrons.